The number of nitrogens with zero attached hydrogens (tertiary/aromatic N) is 11. The summed E-state index contributed by atoms with van der Waals surface area (Å²) in [5, 5.41) is 10.1. The van der Waals surface area contributed by atoms with Gasteiger partial charge in [0.15, 0.2) is 47.0 Å². The molecule has 0 saturated carbocycles. The van der Waals surface area contributed by atoms with Gasteiger partial charge in [0.2, 0.25) is 11.9 Å². The number of aryl methyl sites for hydroxylation is 1. The van der Waals surface area contributed by atoms with Crippen molar-refractivity contribution < 1.29 is 63.2 Å². The number of imidazole rings is 2. The van der Waals surface area contributed by atoms with Crippen LogP contribution in [-0.4, -0.2) is 148 Å². The summed E-state index contributed by atoms with van der Waals surface area (Å²) in [7, 11) is 7.26. The summed E-state index contributed by atoms with van der Waals surface area (Å²) in [6, 6.07) is 19.3. The minimum atomic E-state index is -0.750. The zero-order valence-electron chi connectivity index (χ0n) is 42.7. The maximum atomic E-state index is 12.8. The molecular weight excluding hydrogens is 1030 g/mol. The number of benzene rings is 2. The number of carbonyl (C=O) groups is 2. The van der Waals surface area contributed by atoms with Crippen molar-refractivity contribution in [2.24, 2.45) is 9.98 Å². The number of nitrogens with one attached hydrogen (secondary N) is 2. The quantitative estimate of drug-likeness (QED) is 0.0523. The van der Waals surface area contributed by atoms with Gasteiger partial charge in [-0.3, -0.25) is 38.4 Å². The van der Waals surface area contributed by atoms with Gasteiger partial charge in [0.25, 0.3) is 11.1 Å². The number of amides is 1. The third-order valence-electron chi connectivity index (χ3n) is 11.3. The Balaban J connectivity index is 0.000000245. The van der Waals surface area contributed by atoms with Crippen LogP contribution in [0.1, 0.15) is 84.9 Å². The van der Waals surface area contributed by atoms with E-state index < -0.39 is 41.4 Å². The second kappa shape index (κ2) is 26.1. The minimum absolute atomic E-state index is 0. The molecule has 7 heterocycles. The van der Waals surface area contributed by atoms with Gasteiger partial charge in [-0.05, 0) is 30.4 Å². The third-order valence-corrected chi connectivity index (χ3v) is 12.5. The van der Waals surface area contributed by atoms with E-state index in [4.69, 9.17) is 18.9 Å². The van der Waals surface area contributed by atoms with E-state index in [1.54, 1.807) is 50.9 Å². The summed E-state index contributed by atoms with van der Waals surface area (Å²) in [6.07, 6.45) is 4.96. The van der Waals surface area contributed by atoms with E-state index in [2.05, 4.69) is 55.8 Å². The number of aliphatic imine (C=N–C) groups is 2. The van der Waals surface area contributed by atoms with E-state index in [0.29, 0.717) is 37.1 Å². The number of halogens is 1. The Kier molecular flexibility index (Phi) is 20.8. The molecule has 392 valence electrons. The molecule has 6 aromatic rings. The van der Waals surface area contributed by atoms with E-state index in [1.165, 1.54) is 19.0 Å². The molecule has 4 aromatic heterocycles. The first kappa shape index (κ1) is 59.1. The van der Waals surface area contributed by atoms with Crippen LogP contribution in [0, 0.1) is 0 Å². The molecule has 3 aliphatic rings. The molecule has 2 aromatic carbocycles. The maximum absolute atomic E-state index is 12.8. The number of aromatic amines is 2. The zero-order chi connectivity index (χ0) is 51.9. The Morgan fingerprint density at radius 1 is 0.797 bits per heavy atom. The van der Waals surface area contributed by atoms with Crippen molar-refractivity contribution in [2.45, 2.75) is 128 Å². The fraction of sp³-hybridized carbons (Fsp3) is 0.480. The standard InChI is InChI=1S/C23H27BrN6O4.C22H25N7O4.C4H9O.CH4.Na/c1-4-15-17(24)19(34-16(31)11-10-14-8-6-5-7-9-14)22(33-15)30-13-25-18-20(30)27-23(28-21(18)32)26-12-29(2)3;1-4-14-16-17(33-22(31)28(16)10-13-8-6-5-7-9-13)20(32-14)29-12-23-15-18(29)25-21(26-19(15)30)24-11-27(2)3;1-4(2,3)5;;/h5-9,12-13,15,17,19,22H,4,10-11H2,1-3H3,(H,27,28,32);5-9,11-12,14,16-17,20H,4,10H2,1-3H3,(H,25,26,30);1-3H3;1H4;/q;;-1;;+1/t15-,17+,19-,22-;14-,16-,17-,20-;;;/m11.../s1. The van der Waals surface area contributed by atoms with Gasteiger partial charge in [-0.1, -0.05) is 119 Å². The summed E-state index contributed by atoms with van der Waals surface area (Å²) >= 11 is 3.66. The fourth-order valence-electron chi connectivity index (χ4n) is 8.18. The van der Waals surface area contributed by atoms with Gasteiger partial charge < -0.3 is 33.9 Å². The predicted octanol–water partition coefficient (Wildman–Crippen LogP) is 2.78. The van der Waals surface area contributed by atoms with Gasteiger partial charge in [0, 0.05) is 41.2 Å². The number of rotatable bonds is 14. The molecule has 3 saturated heterocycles. The maximum Gasteiger partial charge on any atom is 1.00 e. The average Bonchev–Trinajstić information content (AvgIpc) is 4.17. The van der Waals surface area contributed by atoms with Crippen LogP contribution in [0.3, 0.4) is 0 Å². The molecule has 0 radical (unpaired) electrons. The van der Waals surface area contributed by atoms with Crippen molar-refractivity contribution in [3.8, 4) is 0 Å². The average molecular weight is 1100 g/mol. The van der Waals surface area contributed by atoms with Gasteiger partial charge in [0.1, 0.15) is 6.04 Å². The van der Waals surface area contributed by atoms with Crippen molar-refractivity contribution in [1.82, 2.24) is 53.7 Å². The number of hydrogen-bond donors (Lipinski definition) is 2. The van der Waals surface area contributed by atoms with E-state index in [9.17, 15) is 24.3 Å². The Bertz CT molecular complexity index is 2970. The van der Waals surface area contributed by atoms with Crippen molar-refractivity contribution in [3.05, 3.63) is 105 Å². The molecule has 74 heavy (non-hydrogen) atoms. The Labute approximate surface area is 460 Å². The van der Waals surface area contributed by atoms with E-state index in [-0.39, 0.29) is 101 Å². The first-order chi connectivity index (χ1) is 34.3. The normalized spacial score (nSPS) is 22.1. The Morgan fingerprint density at radius 2 is 1.27 bits per heavy atom. The van der Waals surface area contributed by atoms with Crippen LogP contribution < -0.4 is 45.8 Å². The number of fused-ring (bicyclic) bond motifs is 3. The first-order valence-electron chi connectivity index (χ1n) is 23.6. The van der Waals surface area contributed by atoms with Crippen LogP contribution >= 0.6 is 15.9 Å². The molecule has 2 N–H and O–H groups in total. The van der Waals surface area contributed by atoms with E-state index >= 15 is 0 Å². The van der Waals surface area contributed by atoms with E-state index in [0.717, 1.165) is 11.1 Å². The Morgan fingerprint density at radius 3 is 1.76 bits per heavy atom. The van der Waals surface area contributed by atoms with Gasteiger partial charge >= 0.3 is 41.6 Å². The molecule has 1 amide bonds. The molecule has 0 spiro atoms. The molecule has 9 rings (SSSR count). The number of H-pyrrole nitrogens is 2. The molecule has 0 bridgehead atoms. The van der Waals surface area contributed by atoms with Gasteiger partial charge in [-0.2, -0.15) is 9.97 Å². The molecule has 22 nitrogen and oxygen atoms in total. The first-order valence-corrected chi connectivity index (χ1v) is 24.5. The zero-order valence-corrected chi connectivity index (χ0v) is 46.3. The van der Waals surface area contributed by atoms with E-state index in [1.807, 2.05) is 103 Å². The molecule has 3 fully saturated rings. The Hall–Kier alpha value is -5.82. The second-order valence-electron chi connectivity index (χ2n) is 18.7. The molecule has 0 unspecified atom stereocenters. The van der Waals surface area contributed by atoms with Crippen LogP contribution in [0.2, 0.25) is 0 Å². The largest absolute Gasteiger partial charge is 1.00 e. The van der Waals surface area contributed by atoms with Gasteiger partial charge in [-0.15, -0.1) is 5.60 Å². The summed E-state index contributed by atoms with van der Waals surface area (Å²) in [6.45, 7) is 9.34. The number of hydrogen-bond acceptors (Lipinski definition) is 15. The number of ether oxygens (including phenoxy) is 4. The van der Waals surface area contributed by atoms with Crippen molar-refractivity contribution >= 4 is 74.9 Å². The van der Waals surface area contributed by atoms with Crippen molar-refractivity contribution in [3.63, 3.8) is 0 Å². The smallest absolute Gasteiger partial charge is 0.850 e. The van der Waals surface area contributed by atoms with Crippen LogP contribution in [0.4, 0.5) is 16.7 Å². The topological polar surface area (TPSA) is 256 Å². The number of carbonyl (C=O) groups excluding carboxylic acids is 2. The number of esters is 1. The van der Waals surface area contributed by atoms with Crippen LogP contribution in [-0.2, 0) is 36.7 Å². The van der Waals surface area contributed by atoms with Crippen molar-refractivity contribution in [1.29, 1.82) is 0 Å². The monoisotopic (exact) mass is 1090 g/mol. The molecule has 0 aliphatic carbocycles. The summed E-state index contributed by atoms with van der Waals surface area (Å²) in [4.78, 5) is 86.6. The van der Waals surface area contributed by atoms with Crippen LogP contribution in [0.5, 0.6) is 0 Å². The number of aromatic nitrogens is 8. The van der Waals surface area contributed by atoms with Crippen LogP contribution in [0.15, 0.2) is 92.9 Å². The SMILES string of the molecule is C.CC(C)(C)[O-].CC[C@H]1O[C@@H](n2cnc3c(=O)[nH]c(N=CN(C)C)nc32)[C@@H]2OC(=O)N(Cc3ccccc3)[C@@H]21.CC[C@H]1O[C@@H](n2cnc3c(=O)[nH]c(N=CN(C)C)nc32)[C@H](OC(=O)CCc2ccccc2)[C@H]1Br.[Na+]. The third kappa shape index (κ3) is 14.5. The van der Waals surface area contributed by atoms with Crippen molar-refractivity contribution in [2.75, 3.05) is 28.2 Å². The fourth-order valence-corrected chi connectivity index (χ4v) is 9.04. The summed E-state index contributed by atoms with van der Waals surface area (Å²) < 4.78 is 27.5. The molecule has 24 heteroatoms. The minimum Gasteiger partial charge on any atom is -0.850 e. The number of alkyl halides is 1. The van der Waals surface area contributed by atoms with Gasteiger partial charge in [0.05, 0.1) is 42.4 Å². The molecule has 8 atom stereocenters. The second-order valence-corrected chi connectivity index (χ2v) is 19.8. The molecular formula is C50H65BrN13NaO9. The summed E-state index contributed by atoms with van der Waals surface area (Å²) in [5.74, 6) is -0.0291. The molecule has 3 aliphatic heterocycles. The predicted molar refractivity (Wildman–Crippen MR) is 278 cm³/mol. The van der Waals surface area contributed by atoms with Gasteiger partial charge in [-0.25, -0.2) is 24.7 Å². The van der Waals surface area contributed by atoms with Crippen LogP contribution in [0.25, 0.3) is 22.3 Å². The summed E-state index contributed by atoms with van der Waals surface area (Å²) in [5.41, 5.74) is 1.47.